The van der Waals surface area contributed by atoms with Gasteiger partial charge in [-0.05, 0) is 38.3 Å². The summed E-state index contributed by atoms with van der Waals surface area (Å²) < 4.78 is 42.7. The molecule has 1 saturated heterocycles. The van der Waals surface area contributed by atoms with Gasteiger partial charge in [0.05, 0.1) is 0 Å². The number of nitrogens with zero attached hydrogens (tertiary/aromatic N) is 3. The highest BCUT2D eigenvalue weighted by molar-refractivity contribution is 5.99. The summed E-state index contributed by atoms with van der Waals surface area (Å²) in [6.45, 7) is 3.00. The summed E-state index contributed by atoms with van der Waals surface area (Å²) in [5, 5.41) is 14.1. The molecule has 0 radical (unpaired) electrons. The third-order valence-electron chi connectivity index (χ3n) is 6.18. The Morgan fingerprint density at radius 2 is 2.00 bits per heavy atom. The molecule has 8 nitrogen and oxygen atoms in total. The van der Waals surface area contributed by atoms with Gasteiger partial charge in [0.2, 0.25) is 5.43 Å². The maximum absolute atomic E-state index is 14.1. The summed E-state index contributed by atoms with van der Waals surface area (Å²) in [7, 11) is 0. The highest BCUT2D eigenvalue weighted by atomic mass is 19.3. The van der Waals surface area contributed by atoms with Crippen molar-refractivity contribution < 1.29 is 27.9 Å². The van der Waals surface area contributed by atoms with Gasteiger partial charge in [0.1, 0.15) is 24.1 Å². The summed E-state index contributed by atoms with van der Waals surface area (Å²) in [5.74, 6) is -3.15. The molecule has 176 valence electrons. The zero-order valence-electron chi connectivity index (χ0n) is 18.0. The molecule has 3 heterocycles. The Hall–Kier alpha value is -3.50. The molecule has 0 unspecified atom stereocenters. The molecule has 2 aliphatic rings. The number of pyridine rings is 1. The number of hydrogen-bond acceptors (Lipinski definition) is 5. The first-order valence-corrected chi connectivity index (χ1v) is 10.5. The number of aryl methyl sites for hydroxylation is 1. The van der Waals surface area contributed by atoms with Gasteiger partial charge in [-0.25, -0.2) is 13.2 Å². The van der Waals surface area contributed by atoms with Crippen LogP contribution in [-0.2, 0) is 6.54 Å². The van der Waals surface area contributed by atoms with Crippen LogP contribution in [0.4, 0.5) is 13.2 Å². The van der Waals surface area contributed by atoms with Crippen molar-refractivity contribution in [2.75, 3.05) is 11.7 Å². The third-order valence-corrected chi connectivity index (χ3v) is 6.18. The monoisotopic (exact) mass is 464 g/mol. The van der Waals surface area contributed by atoms with Gasteiger partial charge < -0.3 is 15.3 Å². The number of aromatic nitrogens is 1. The van der Waals surface area contributed by atoms with Crippen molar-refractivity contribution in [2.24, 2.45) is 0 Å². The Balaban J connectivity index is 1.72. The second kappa shape index (κ2) is 8.45. The molecule has 0 aliphatic carbocycles. The molecule has 1 aromatic heterocycles. The number of fused-ring (bicyclic) bond motifs is 4. The lowest BCUT2D eigenvalue weighted by Crippen LogP contribution is -2.59. The van der Waals surface area contributed by atoms with Crippen molar-refractivity contribution in [3.8, 4) is 5.75 Å². The number of halogens is 3. The Morgan fingerprint density at radius 1 is 1.27 bits per heavy atom. The van der Waals surface area contributed by atoms with Crippen LogP contribution in [0.1, 0.15) is 51.7 Å². The molecule has 11 heteroatoms. The minimum atomic E-state index is -2.76. The quantitative estimate of drug-likeness (QED) is 0.723. The molecule has 4 rings (SSSR count). The number of amides is 2. The second-order valence-electron chi connectivity index (χ2n) is 8.38. The van der Waals surface area contributed by atoms with E-state index >= 15 is 0 Å². The lowest BCUT2D eigenvalue weighted by atomic mass is 10.1. The highest BCUT2D eigenvalue weighted by Crippen LogP contribution is 2.30. The molecule has 2 N–H and O–H groups in total. The fraction of sp³-hybridized carbons (Fsp3) is 0.409. The van der Waals surface area contributed by atoms with Gasteiger partial charge in [-0.1, -0.05) is 12.1 Å². The van der Waals surface area contributed by atoms with E-state index in [1.54, 1.807) is 19.9 Å². The van der Waals surface area contributed by atoms with Crippen molar-refractivity contribution in [3.05, 3.63) is 62.8 Å². The number of alkyl halides is 2. The van der Waals surface area contributed by atoms with Gasteiger partial charge in [0.25, 0.3) is 18.2 Å². The smallest absolute Gasteiger partial charge is 0.278 e. The van der Waals surface area contributed by atoms with E-state index in [-0.39, 0.29) is 31.2 Å². The Labute approximate surface area is 187 Å². The van der Waals surface area contributed by atoms with Crippen LogP contribution >= 0.6 is 0 Å². The largest absolute Gasteiger partial charge is 0.502 e. The minimum absolute atomic E-state index is 0.0726. The van der Waals surface area contributed by atoms with Crippen LogP contribution in [0.3, 0.4) is 0 Å². The molecular weight excluding hydrogens is 441 g/mol. The van der Waals surface area contributed by atoms with Gasteiger partial charge in [-0.3, -0.25) is 24.1 Å². The first-order valence-electron chi connectivity index (χ1n) is 10.5. The molecule has 2 aliphatic heterocycles. The number of aromatic hydroxyl groups is 1. The van der Waals surface area contributed by atoms with Crippen molar-refractivity contribution >= 4 is 11.8 Å². The van der Waals surface area contributed by atoms with Crippen molar-refractivity contribution in [1.82, 2.24) is 14.9 Å². The van der Waals surface area contributed by atoms with E-state index in [0.29, 0.717) is 12.0 Å². The molecule has 0 saturated carbocycles. The molecule has 2 atom stereocenters. The fourth-order valence-electron chi connectivity index (χ4n) is 4.22. The van der Waals surface area contributed by atoms with Crippen LogP contribution in [0, 0.1) is 12.7 Å². The average Bonchev–Trinajstić information content (AvgIpc) is 2.91. The minimum Gasteiger partial charge on any atom is -0.502 e. The maximum Gasteiger partial charge on any atom is 0.278 e. The SMILES string of the molecule is Cc1ccc(CNC(=O)c2cn3c(c(O)c2=O)C(=O)N2CN3[C@H](C(F)F)CC[C@@H]2C)c(F)c1. The van der Waals surface area contributed by atoms with Crippen LogP contribution in [0.2, 0.25) is 0 Å². The zero-order valence-corrected chi connectivity index (χ0v) is 18.0. The standard InChI is InChI=1S/C22H23F3N4O4/c1-11-3-5-13(15(23)7-11)8-26-21(32)14-9-28-17(19(31)18(14)30)22(33)27-10-29(28)16(20(24)25)6-4-12(27)2/h3,5,7,9,12,16,20,31H,4,6,8,10H2,1-2H3,(H,26,32)/t12-,16-/m0/s1. The lowest BCUT2D eigenvalue weighted by molar-refractivity contribution is 0.0579. The van der Waals surface area contributed by atoms with E-state index in [1.807, 2.05) is 0 Å². The van der Waals surface area contributed by atoms with Gasteiger partial charge in [-0.2, -0.15) is 0 Å². The molecule has 2 amide bonds. The van der Waals surface area contributed by atoms with Crippen molar-refractivity contribution in [3.63, 3.8) is 0 Å². The Kier molecular flexibility index (Phi) is 5.81. The first-order chi connectivity index (χ1) is 15.6. The predicted octanol–water partition coefficient (Wildman–Crippen LogP) is 2.10. The van der Waals surface area contributed by atoms with E-state index in [2.05, 4.69) is 5.32 Å². The number of rotatable bonds is 4. The predicted molar refractivity (Wildman–Crippen MR) is 112 cm³/mol. The number of hydrogen-bond donors (Lipinski definition) is 2. The van der Waals surface area contributed by atoms with Crippen molar-refractivity contribution in [1.29, 1.82) is 0 Å². The number of nitrogens with one attached hydrogen (secondary N) is 1. The van der Waals surface area contributed by atoms with Gasteiger partial charge in [0, 0.05) is 24.3 Å². The summed E-state index contributed by atoms with van der Waals surface area (Å²) in [4.78, 5) is 39.7. The molecule has 0 spiro atoms. The average molecular weight is 464 g/mol. The lowest BCUT2D eigenvalue weighted by Gasteiger charge is -2.42. The summed E-state index contributed by atoms with van der Waals surface area (Å²) in [6.07, 6.45) is -1.39. The van der Waals surface area contributed by atoms with Crippen LogP contribution in [0.5, 0.6) is 5.75 Å². The van der Waals surface area contributed by atoms with E-state index < -0.39 is 52.5 Å². The fourth-order valence-corrected chi connectivity index (χ4v) is 4.22. The van der Waals surface area contributed by atoms with Crippen LogP contribution in [0.15, 0.2) is 29.2 Å². The molecule has 33 heavy (non-hydrogen) atoms. The summed E-state index contributed by atoms with van der Waals surface area (Å²) in [5.41, 5.74) is -1.25. The zero-order chi connectivity index (χ0) is 24.0. The molecule has 1 aromatic carbocycles. The third kappa shape index (κ3) is 3.91. The van der Waals surface area contributed by atoms with E-state index in [1.165, 1.54) is 22.0 Å². The normalized spacial score (nSPS) is 20.0. The van der Waals surface area contributed by atoms with Crippen LogP contribution in [-0.4, -0.2) is 51.7 Å². The molecule has 2 bridgehead atoms. The molecule has 2 aromatic rings. The Bertz CT molecular complexity index is 1180. The molecule has 1 fully saturated rings. The van der Waals surface area contributed by atoms with E-state index in [9.17, 15) is 32.7 Å². The maximum atomic E-state index is 14.1. The highest BCUT2D eigenvalue weighted by Gasteiger charge is 2.43. The van der Waals surface area contributed by atoms with Gasteiger partial charge in [0.15, 0.2) is 11.4 Å². The second-order valence-corrected chi connectivity index (χ2v) is 8.38. The van der Waals surface area contributed by atoms with E-state index in [0.717, 1.165) is 10.9 Å². The Morgan fingerprint density at radius 3 is 2.67 bits per heavy atom. The van der Waals surface area contributed by atoms with Gasteiger partial charge in [-0.15, -0.1) is 0 Å². The van der Waals surface area contributed by atoms with Gasteiger partial charge >= 0.3 is 0 Å². The first kappa shape index (κ1) is 22.7. The number of carbonyl (C=O) groups excluding carboxylic acids is 2. The van der Waals surface area contributed by atoms with Crippen LogP contribution in [0.25, 0.3) is 0 Å². The van der Waals surface area contributed by atoms with Crippen LogP contribution < -0.4 is 15.8 Å². The summed E-state index contributed by atoms with van der Waals surface area (Å²) >= 11 is 0. The van der Waals surface area contributed by atoms with Crippen molar-refractivity contribution in [2.45, 2.75) is 51.7 Å². The van der Waals surface area contributed by atoms with E-state index in [4.69, 9.17) is 0 Å². The topological polar surface area (TPSA) is 94.9 Å². The number of carbonyl (C=O) groups is 2. The summed E-state index contributed by atoms with van der Waals surface area (Å²) in [6, 6.07) is 2.78. The number of benzene rings is 1. The molecular formula is C22H23F3N4O4.